The number of nitrogens with one attached hydrogen (secondary N) is 2. The molecule has 2 N–H and O–H groups in total. The average Bonchev–Trinajstić information content (AvgIpc) is 3.12. The van der Waals surface area contributed by atoms with E-state index in [1.165, 1.54) is 103 Å². The quantitative estimate of drug-likeness (QED) is 0.703. The molecule has 2 heteroatoms. The van der Waals surface area contributed by atoms with Gasteiger partial charge < -0.3 is 10.6 Å². The molecule has 4 rings (SSSR count). The van der Waals surface area contributed by atoms with Crippen molar-refractivity contribution in [3.63, 3.8) is 0 Å². The molecule has 4 aliphatic rings. The Morgan fingerprint density at radius 1 is 0.400 bits per heavy atom. The molecular weight excluding hydrogens is 244 g/mol. The molecule has 0 aromatic carbocycles. The van der Waals surface area contributed by atoms with E-state index in [-0.39, 0.29) is 0 Å². The summed E-state index contributed by atoms with van der Waals surface area (Å²) in [6, 6.07) is 0. The van der Waals surface area contributed by atoms with Crippen molar-refractivity contribution in [2.75, 3.05) is 26.2 Å². The Kier molecular flexibility index (Phi) is 5.04. The first-order chi connectivity index (χ1) is 9.83. The molecule has 2 aliphatic carbocycles. The Bertz CT molecular complexity index is 242. The van der Waals surface area contributed by atoms with Gasteiger partial charge in [0.2, 0.25) is 0 Å². The molecule has 2 spiro atoms. The van der Waals surface area contributed by atoms with Gasteiger partial charge in [-0.05, 0) is 88.4 Å². The molecule has 0 radical (unpaired) electrons. The van der Waals surface area contributed by atoms with E-state index < -0.39 is 0 Å². The summed E-state index contributed by atoms with van der Waals surface area (Å²) in [7, 11) is 0. The number of rotatable bonds is 0. The van der Waals surface area contributed by atoms with Gasteiger partial charge in [0, 0.05) is 0 Å². The molecular formula is C18H34N2. The molecule has 4 fully saturated rings. The summed E-state index contributed by atoms with van der Waals surface area (Å²) >= 11 is 0. The Hall–Kier alpha value is -0.0800. The minimum Gasteiger partial charge on any atom is -0.317 e. The number of hydrogen-bond acceptors (Lipinski definition) is 2. The van der Waals surface area contributed by atoms with Gasteiger partial charge in [0.25, 0.3) is 0 Å². The van der Waals surface area contributed by atoms with Gasteiger partial charge in [-0.2, -0.15) is 0 Å². The second-order valence-corrected chi connectivity index (χ2v) is 7.91. The van der Waals surface area contributed by atoms with E-state index in [1.807, 2.05) is 0 Å². The molecule has 2 aliphatic heterocycles. The molecule has 0 unspecified atom stereocenters. The van der Waals surface area contributed by atoms with Crippen LogP contribution in [0.15, 0.2) is 0 Å². The fourth-order valence-corrected chi connectivity index (χ4v) is 5.16. The maximum atomic E-state index is 3.44. The van der Waals surface area contributed by atoms with Gasteiger partial charge in [-0.1, -0.05) is 25.7 Å². The van der Waals surface area contributed by atoms with Crippen molar-refractivity contribution in [1.82, 2.24) is 10.6 Å². The van der Waals surface area contributed by atoms with Gasteiger partial charge in [0.1, 0.15) is 0 Å². The van der Waals surface area contributed by atoms with Crippen LogP contribution in [0.3, 0.4) is 0 Å². The van der Waals surface area contributed by atoms with Crippen molar-refractivity contribution >= 4 is 0 Å². The monoisotopic (exact) mass is 278 g/mol. The molecule has 0 atom stereocenters. The van der Waals surface area contributed by atoms with Crippen LogP contribution in [0.25, 0.3) is 0 Å². The maximum Gasteiger partial charge on any atom is -0.00436 e. The van der Waals surface area contributed by atoms with Gasteiger partial charge in [0.15, 0.2) is 0 Å². The number of piperidine rings is 2. The molecule has 2 nitrogen and oxygen atoms in total. The number of hydrogen-bond donors (Lipinski definition) is 2. The van der Waals surface area contributed by atoms with Gasteiger partial charge in [0.05, 0.1) is 0 Å². The summed E-state index contributed by atoms with van der Waals surface area (Å²) in [6.07, 6.45) is 17.9. The summed E-state index contributed by atoms with van der Waals surface area (Å²) in [5.74, 6) is 0. The average molecular weight is 278 g/mol. The zero-order valence-corrected chi connectivity index (χ0v) is 13.3. The summed E-state index contributed by atoms with van der Waals surface area (Å²) in [5.41, 5.74) is 1.62. The largest absolute Gasteiger partial charge is 0.317 e. The van der Waals surface area contributed by atoms with Crippen LogP contribution in [0.1, 0.15) is 77.0 Å². The maximum absolute atomic E-state index is 3.44. The van der Waals surface area contributed by atoms with E-state index in [4.69, 9.17) is 0 Å². The molecule has 2 saturated carbocycles. The third-order valence-electron chi connectivity index (χ3n) is 6.66. The van der Waals surface area contributed by atoms with Crippen LogP contribution in [0.2, 0.25) is 0 Å². The van der Waals surface area contributed by atoms with E-state index in [2.05, 4.69) is 10.6 Å². The van der Waals surface area contributed by atoms with Crippen molar-refractivity contribution in [2.24, 2.45) is 10.8 Å². The zero-order chi connectivity index (χ0) is 13.7. The molecule has 0 amide bonds. The second-order valence-electron chi connectivity index (χ2n) is 7.91. The fraction of sp³-hybridized carbons (Fsp3) is 1.00. The lowest BCUT2D eigenvalue weighted by atomic mass is 9.78. The van der Waals surface area contributed by atoms with Crippen LogP contribution in [0.5, 0.6) is 0 Å². The highest BCUT2D eigenvalue weighted by Crippen LogP contribution is 2.45. The summed E-state index contributed by atoms with van der Waals surface area (Å²) < 4.78 is 0. The Morgan fingerprint density at radius 2 is 0.700 bits per heavy atom. The van der Waals surface area contributed by atoms with E-state index in [1.54, 1.807) is 0 Å². The lowest BCUT2D eigenvalue weighted by Crippen LogP contribution is -2.34. The van der Waals surface area contributed by atoms with E-state index in [9.17, 15) is 0 Å². The predicted molar refractivity (Wildman–Crippen MR) is 86.0 cm³/mol. The molecule has 2 saturated heterocycles. The van der Waals surface area contributed by atoms with Gasteiger partial charge in [-0.3, -0.25) is 0 Å². The van der Waals surface area contributed by atoms with E-state index >= 15 is 0 Å². The molecule has 0 aromatic rings. The zero-order valence-electron chi connectivity index (χ0n) is 13.3. The van der Waals surface area contributed by atoms with E-state index in [0.717, 1.165) is 10.8 Å². The van der Waals surface area contributed by atoms with Crippen LogP contribution in [-0.4, -0.2) is 26.2 Å². The standard InChI is InChI=1S/2C9H17N/c2*1-2-4-9(3-1)5-7-10-8-6-9/h2*10H,1-8H2. The predicted octanol–water partition coefficient (Wildman–Crippen LogP) is 3.86. The topological polar surface area (TPSA) is 24.1 Å². The smallest absolute Gasteiger partial charge is 0.00436 e. The van der Waals surface area contributed by atoms with Crippen LogP contribution >= 0.6 is 0 Å². The molecule has 116 valence electrons. The summed E-state index contributed by atoms with van der Waals surface area (Å²) in [5, 5.41) is 6.87. The summed E-state index contributed by atoms with van der Waals surface area (Å²) in [4.78, 5) is 0. The van der Waals surface area contributed by atoms with Crippen LogP contribution in [-0.2, 0) is 0 Å². The molecule has 0 bridgehead atoms. The lowest BCUT2D eigenvalue weighted by Gasteiger charge is -2.33. The third kappa shape index (κ3) is 3.57. The Labute approximate surface area is 125 Å². The van der Waals surface area contributed by atoms with Gasteiger partial charge in [-0.15, -0.1) is 0 Å². The normalized spacial score (nSPS) is 31.2. The van der Waals surface area contributed by atoms with Crippen LogP contribution in [0.4, 0.5) is 0 Å². The third-order valence-corrected chi connectivity index (χ3v) is 6.66. The van der Waals surface area contributed by atoms with Crippen molar-refractivity contribution in [3.05, 3.63) is 0 Å². The van der Waals surface area contributed by atoms with Crippen molar-refractivity contribution < 1.29 is 0 Å². The Morgan fingerprint density at radius 3 is 1.00 bits per heavy atom. The Balaban J connectivity index is 0.000000121. The van der Waals surface area contributed by atoms with Crippen molar-refractivity contribution in [1.29, 1.82) is 0 Å². The van der Waals surface area contributed by atoms with E-state index in [0.29, 0.717) is 0 Å². The first-order valence-electron chi connectivity index (χ1n) is 9.24. The van der Waals surface area contributed by atoms with Gasteiger partial charge >= 0.3 is 0 Å². The minimum atomic E-state index is 0.811. The first-order valence-corrected chi connectivity index (χ1v) is 9.24. The molecule has 2 heterocycles. The lowest BCUT2D eigenvalue weighted by molar-refractivity contribution is 0.210. The van der Waals surface area contributed by atoms with Crippen LogP contribution < -0.4 is 10.6 Å². The van der Waals surface area contributed by atoms with Gasteiger partial charge in [-0.25, -0.2) is 0 Å². The molecule has 20 heavy (non-hydrogen) atoms. The van der Waals surface area contributed by atoms with Crippen molar-refractivity contribution in [2.45, 2.75) is 77.0 Å². The first kappa shape index (κ1) is 14.8. The van der Waals surface area contributed by atoms with Crippen LogP contribution in [0, 0.1) is 10.8 Å². The fourth-order valence-electron chi connectivity index (χ4n) is 5.16. The highest BCUT2D eigenvalue weighted by molar-refractivity contribution is 4.89. The highest BCUT2D eigenvalue weighted by atomic mass is 14.9. The SMILES string of the molecule is C1CCC2(C1)CCNCC2.C1CCC2(C1)CCNCC2. The highest BCUT2D eigenvalue weighted by Gasteiger charge is 2.35. The second kappa shape index (κ2) is 6.79. The molecule has 0 aromatic heterocycles. The minimum absolute atomic E-state index is 0.811. The van der Waals surface area contributed by atoms with Crippen molar-refractivity contribution in [3.8, 4) is 0 Å². The summed E-state index contributed by atoms with van der Waals surface area (Å²) in [6.45, 7) is 5.11.